The minimum Gasteiger partial charge on any atom is -0.451 e. The fourth-order valence-corrected chi connectivity index (χ4v) is 7.57. The highest BCUT2D eigenvalue weighted by molar-refractivity contribution is 5.96. The third-order valence-corrected chi connectivity index (χ3v) is 9.49. The molecule has 0 amide bonds. The van der Waals surface area contributed by atoms with Crippen LogP contribution in [0.2, 0.25) is 0 Å². The first-order valence-corrected chi connectivity index (χ1v) is 12.1. The summed E-state index contributed by atoms with van der Waals surface area (Å²) in [5.41, 5.74) is -1.73. The lowest BCUT2D eigenvalue weighted by Gasteiger charge is -2.48. The summed E-state index contributed by atoms with van der Waals surface area (Å²) in [7, 11) is 0. The average molecular weight is 467 g/mol. The highest BCUT2D eigenvalue weighted by Crippen LogP contribution is 2.71. The van der Waals surface area contributed by atoms with Crippen molar-refractivity contribution in [2.75, 3.05) is 6.61 Å². The van der Waals surface area contributed by atoms with E-state index in [1.165, 1.54) is 0 Å². The molecule has 0 aliphatic heterocycles. The Morgan fingerprint density at radius 1 is 1.21 bits per heavy atom. The van der Waals surface area contributed by atoms with Crippen molar-refractivity contribution in [2.24, 2.45) is 34.5 Å². The summed E-state index contributed by atoms with van der Waals surface area (Å²) in [6.07, 6.45) is 1.36. The number of aryl methyl sites for hydroxylation is 1. The molecule has 0 heterocycles. The molecule has 0 saturated heterocycles. The van der Waals surface area contributed by atoms with Gasteiger partial charge in [-0.05, 0) is 66.2 Å². The molecule has 34 heavy (non-hydrogen) atoms. The van der Waals surface area contributed by atoms with Gasteiger partial charge in [0.25, 0.3) is 0 Å². The topological polar surface area (TPSA) is 104 Å². The molecule has 4 aliphatic carbocycles. The Morgan fingerprint density at radius 3 is 2.53 bits per heavy atom. The van der Waals surface area contributed by atoms with Gasteiger partial charge >= 0.3 is 5.97 Å². The Kier molecular flexibility index (Phi) is 5.08. The van der Waals surface area contributed by atoms with Crippen LogP contribution in [0.5, 0.6) is 0 Å². The molecule has 0 radical (unpaired) electrons. The van der Waals surface area contributed by atoms with E-state index in [0.29, 0.717) is 17.1 Å². The summed E-state index contributed by atoms with van der Waals surface area (Å²) in [5.74, 6) is -1.21. The van der Waals surface area contributed by atoms with Crippen LogP contribution in [0.25, 0.3) is 0 Å². The van der Waals surface area contributed by atoms with Crippen LogP contribution >= 0.6 is 0 Å². The van der Waals surface area contributed by atoms with E-state index in [-0.39, 0.29) is 28.6 Å². The van der Waals surface area contributed by atoms with Gasteiger partial charge in [0, 0.05) is 5.92 Å². The van der Waals surface area contributed by atoms with Crippen LogP contribution in [-0.4, -0.2) is 51.5 Å². The van der Waals surface area contributed by atoms with Gasteiger partial charge in [-0.2, -0.15) is 0 Å². The van der Waals surface area contributed by atoms with E-state index >= 15 is 0 Å². The molecule has 2 saturated carbocycles. The predicted octanol–water partition coefficient (Wildman–Crippen LogP) is 2.99. The Hall–Kier alpha value is -2.28. The molecule has 6 nitrogen and oxygen atoms in total. The lowest BCUT2D eigenvalue weighted by molar-refractivity contribution is -0.190. The SMILES string of the molecule is CC1=C[C@]23C(=O)[C@@H](C=C(CO)[C@@H](O)[C@]2(O)[C@H]1OC(=O)c1ccccc1C)C1[C@@H](C[C@H]3C)C1(C)C. The van der Waals surface area contributed by atoms with E-state index < -0.39 is 41.7 Å². The summed E-state index contributed by atoms with van der Waals surface area (Å²) in [4.78, 5) is 27.5. The quantitative estimate of drug-likeness (QED) is 0.467. The van der Waals surface area contributed by atoms with Gasteiger partial charge in [0.15, 0.2) is 17.5 Å². The maximum atomic E-state index is 14.3. The number of carbonyl (C=O) groups is 2. The zero-order chi connectivity index (χ0) is 24.8. The lowest BCUT2D eigenvalue weighted by Crippen LogP contribution is -2.65. The number of ketones is 1. The smallest absolute Gasteiger partial charge is 0.339 e. The number of aliphatic hydroxyl groups is 3. The van der Waals surface area contributed by atoms with Crippen LogP contribution < -0.4 is 0 Å². The van der Waals surface area contributed by atoms with Crippen molar-refractivity contribution in [2.45, 2.75) is 58.8 Å². The summed E-state index contributed by atoms with van der Waals surface area (Å²) in [6, 6.07) is 7.01. The minimum atomic E-state index is -2.11. The number of benzene rings is 1. The van der Waals surface area contributed by atoms with Gasteiger partial charge < -0.3 is 20.1 Å². The van der Waals surface area contributed by atoms with Gasteiger partial charge in [0.2, 0.25) is 0 Å². The Balaban J connectivity index is 1.65. The number of aliphatic hydroxyl groups excluding tert-OH is 2. The Bertz CT molecular complexity index is 1130. The number of hydrogen-bond donors (Lipinski definition) is 3. The zero-order valence-electron chi connectivity index (χ0n) is 20.4. The molecule has 1 aromatic rings. The molecule has 1 spiro atoms. The first kappa shape index (κ1) is 23.5. The summed E-state index contributed by atoms with van der Waals surface area (Å²) in [6.45, 7) is 9.30. The van der Waals surface area contributed by atoms with Crippen molar-refractivity contribution in [3.8, 4) is 0 Å². The van der Waals surface area contributed by atoms with Gasteiger partial charge in [0.05, 0.1) is 17.6 Å². The second-order valence-electron chi connectivity index (χ2n) is 11.5. The van der Waals surface area contributed by atoms with E-state index in [1.807, 2.05) is 13.0 Å². The molecule has 0 aromatic heterocycles. The van der Waals surface area contributed by atoms with Gasteiger partial charge in [-0.15, -0.1) is 0 Å². The highest BCUT2D eigenvalue weighted by Gasteiger charge is 2.76. The lowest BCUT2D eigenvalue weighted by atomic mass is 9.59. The molecule has 3 N–H and O–H groups in total. The number of hydrogen-bond acceptors (Lipinski definition) is 6. The second kappa shape index (κ2) is 7.36. The van der Waals surface area contributed by atoms with Crippen LogP contribution in [0, 0.1) is 41.4 Å². The first-order chi connectivity index (χ1) is 15.9. The molecule has 1 unspecified atom stereocenters. The molecule has 8 atom stereocenters. The maximum absolute atomic E-state index is 14.3. The van der Waals surface area contributed by atoms with Gasteiger partial charge in [0.1, 0.15) is 6.10 Å². The Labute approximate surface area is 200 Å². The van der Waals surface area contributed by atoms with Crippen LogP contribution in [0.1, 0.15) is 50.0 Å². The van der Waals surface area contributed by atoms with Gasteiger partial charge in [-0.1, -0.05) is 51.1 Å². The van der Waals surface area contributed by atoms with Crippen molar-refractivity contribution >= 4 is 11.8 Å². The van der Waals surface area contributed by atoms with Crippen molar-refractivity contribution in [1.82, 2.24) is 0 Å². The number of ether oxygens (including phenoxy) is 1. The zero-order valence-corrected chi connectivity index (χ0v) is 20.4. The highest BCUT2D eigenvalue weighted by atomic mass is 16.6. The molecule has 4 aliphatic rings. The summed E-state index contributed by atoms with van der Waals surface area (Å²) >= 11 is 0. The summed E-state index contributed by atoms with van der Waals surface area (Å²) < 4.78 is 5.91. The number of Topliss-reactive ketones (excluding diaryl/α,β-unsaturated/α-hetero) is 1. The molecular formula is C28H34O6. The number of carbonyl (C=O) groups excluding carboxylic acids is 2. The molecule has 2 bridgehead atoms. The maximum Gasteiger partial charge on any atom is 0.339 e. The van der Waals surface area contributed by atoms with Crippen LogP contribution in [0.3, 0.4) is 0 Å². The molecular weight excluding hydrogens is 432 g/mol. The van der Waals surface area contributed by atoms with Crippen LogP contribution in [0.15, 0.2) is 47.6 Å². The fourth-order valence-electron chi connectivity index (χ4n) is 7.57. The Morgan fingerprint density at radius 2 is 1.88 bits per heavy atom. The standard InChI is InChI=1S/C28H34O6/c1-14-8-6-7-9-18(14)25(32)34-24-15(2)12-27-16(3)10-20-21(26(20,4)5)19(23(27)31)11-17(13-29)22(30)28(24,27)33/h6-9,11-12,16,19-22,24,29-30,33H,10,13H2,1-5H3/t16-,19+,20-,21?,22-,24+,27+,28+/m1/s1. The third-order valence-electron chi connectivity index (χ3n) is 9.49. The molecule has 5 rings (SSSR count). The van der Waals surface area contributed by atoms with Crippen LogP contribution in [-0.2, 0) is 9.53 Å². The van der Waals surface area contributed by atoms with E-state index in [1.54, 1.807) is 44.2 Å². The molecule has 2 fully saturated rings. The van der Waals surface area contributed by atoms with E-state index in [4.69, 9.17) is 4.74 Å². The summed E-state index contributed by atoms with van der Waals surface area (Å²) in [5, 5.41) is 34.1. The van der Waals surface area contributed by atoms with E-state index in [0.717, 1.165) is 12.0 Å². The number of allylic oxidation sites excluding steroid dienone is 1. The molecule has 6 heteroatoms. The fraction of sp³-hybridized carbons (Fsp3) is 0.571. The second-order valence-corrected chi connectivity index (χ2v) is 11.5. The van der Waals surface area contributed by atoms with Crippen LogP contribution in [0.4, 0.5) is 0 Å². The molecule has 1 aromatic carbocycles. The average Bonchev–Trinajstić information content (AvgIpc) is 3.28. The van der Waals surface area contributed by atoms with E-state index in [9.17, 15) is 24.9 Å². The number of esters is 1. The largest absolute Gasteiger partial charge is 0.451 e. The van der Waals surface area contributed by atoms with Crippen molar-refractivity contribution in [3.05, 3.63) is 58.7 Å². The molecule has 182 valence electrons. The number of rotatable bonds is 3. The van der Waals surface area contributed by atoms with Gasteiger partial charge in [-0.3, -0.25) is 4.79 Å². The van der Waals surface area contributed by atoms with Crippen molar-refractivity contribution in [3.63, 3.8) is 0 Å². The normalized spacial score (nSPS) is 41.9. The van der Waals surface area contributed by atoms with Gasteiger partial charge in [-0.25, -0.2) is 4.79 Å². The van der Waals surface area contributed by atoms with Crippen molar-refractivity contribution in [1.29, 1.82) is 0 Å². The van der Waals surface area contributed by atoms with E-state index in [2.05, 4.69) is 13.8 Å². The third kappa shape index (κ3) is 2.73. The first-order valence-electron chi connectivity index (χ1n) is 12.1. The minimum absolute atomic E-state index is 0.0330. The van der Waals surface area contributed by atoms with Crippen molar-refractivity contribution < 1.29 is 29.6 Å². The predicted molar refractivity (Wildman–Crippen MR) is 126 cm³/mol. The number of fused-ring (bicyclic) bond motifs is 3. The monoisotopic (exact) mass is 466 g/mol.